The van der Waals surface area contributed by atoms with E-state index in [4.69, 9.17) is 4.74 Å². The molecule has 0 bridgehead atoms. The lowest BCUT2D eigenvalue weighted by molar-refractivity contribution is -0.108. The molecule has 0 N–H and O–H groups in total. The highest BCUT2D eigenvalue weighted by Gasteiger charge is 2.18. The molecule has 72 valence electrons. The average molecular weight is 182 g/mol. The van der Waals surface area contributed by atoms with Crippen molar-refractivity contribution < 1.29 is 9.53 Å². The molecule has 0 saturated carbocycles. The van der Waals surface area contributed by atoms with Crippen LogP contribution in [0.1, 0.15) is 24.1 Å². The van der Waals surface area contributed by atoms with Crippen LogP contribution >= 0.6 is 0 Å². The second kappa shape index (κ2) is 3.60. The van der Waals surface area contributed by atoms with E-state index < -0.39 is 0 Å². The number of aromatic nitrogens is 2. The third-order valence-corrected chi connectivity index (χ3v) is 2.07. The Bertz CT molecular complexity index is 318. The number of carbonyl (C=O) groups excluding carboxylic acids is 1. The summed E-state index contributed by atoms with van der Waals surface area (Å²) in [6.45, 7) is 3.71. The molecule has 1 rings (SSSR count). The lowest BCUT2D eigenvalue weighted by atomic mass is 10.0. The minimum Gasteiger partial charge on any atom is -0.481 e. The van der Waals surface area contributed by atoms with Crippen LogP contribution in [0.3, 0.4) is 0 Å². The van der Waals surface area contributed by atoms with Crippen molar-refractivity contribution in [2.75, 3.05) is 7.11 Å². The van der Waals surface area contributed by atoms with Crippen LogP contribution in [-0.4, -0.2) is 23.2 Å². The topological polar surface area (TPSA) is 44.1 Å². The summed E-state index contributed by atoms with van der Waals surface area (Å²) in [6.07, 6.45) is 0.895. The molecule has 4 heteroatoms. The smallest absolute Gasteiger partial charge is 0.215 e. The number of ether oxygens (including phenoxy) is 1. The van der Waals surface area contributed by atoms with Gasteiger partial charge in [-0.3, -0.25) is 0 Å². The molecule has 1 heterocycles. The Labute approximate surface area is 77.5 Å². The molecule has 0 aromatic carbocycles. The molecule has 0 aliphatic heterocycles. The fourth-order valence-corrected chi connectivity index (χ4v) is 1.49. The lowest BCUT2D eigenvalue weighted by Crippen LogP contribution is -2.00. The molecule has 0 aliphatic carbocycles. The van der Waals surface area contributed by atoms with Gasteiger partial charge in [-0.15, -0.1) is 0 Å². The molecule has 4 nitrogen and oxygen atoms in total. The quantitative estimate of drug-likeness (QED) is 0.656. The van der Waals surface area contributed by atoms with E-state index in [-0.39, 0.29) is 5.92 Å². The maximum Gasteiger partial charge on any atom is 0.215 e. The molecular weight excluding hydrogens is 168 g/mol. The lowest BCUT2D eigenvalue weighted by Gasteiger charge is -2.06. The first-order chi connectivity index (χ1) is 6.11. The minimum atomic E-state index is -0.163. The van der Waals surface area contributed by atoms with Crippen LogP contribution in [-0.2, 0) is 11.8 Å². The Kier molecular flexibility index (Phi) is 2.70. The predicted octanol–water partition coefficient (Wildman–Crippen LogP) is 1.04. The van der Waals surface area contributed by atoms with Gasteiger partial charge in [0.05, 0.1) is 12.8 Å². The molecular formula is C9H14N2O2. The van der Waals surface area contributed by atoms with Crippen molar-refractivity contribution in [1.82, 2.24) is 9.78 Å². The zero-order valence-electron chi connectivity index (χ0n) is 8.37. The Morgan fingerprint density at radius 3 is 2.69 bits per heavy atom. The first-order valence-corrected chi connectivity index (χ1v) is 4.14. The summed E-state index contributed by atoms with van der Waals surface area (Å²) >= 11 is 0. The van der Waals surface area contributed by atoms with Gasteiger partial charge in [0.15, 0.2) is 0 Å². The van der Waals surface area contributed by atoms with Gasteiger partial charge in [0, 0.05) is 18.5 Å². The number of hydrogen-bond acceptors (Lipinski definition) is 3. The first-order valence-electron chi connectivity index (χ1n) is 4.14. The fourth-order valence-electron chi connectivity index (χ4n) is 1.49. The van der Waals surface area contributed by atoms with Crippen molar-refractivity contribution in [3.05, 3.63) is 11.3 Å². The van der Waals surface area contributed by atoms with E-state index in [1.54, 1.807) is 18.8 Å². The number of carbonyl (C=O) groups is 1. The highest BCUT2D eigenvalue weighted by atomic mass is 16.5. The van der Waals surface area contributed by atoms with E-state index >= 15 is 0 Å². The zero-order valence-corrected chi connectivity index (χ0v) is 8.37. The number of hydrogen-bond donors (Lipinski definition) is 0. The fraction of sp³-hybridized carbons (Fsp3) is 0.556. The monoisotopic (exact) mass is 182 g/mol. The standard InChI is InChI=1S/C9H14N2O2/c1-6(5-12)8-7(2)10-11(3)9(8)13-4/h5-6H,1-4H3. The minimum absolute atomic E-state index is 0.163. The van der Waals surface area contributed by atoms with Crippen molar-refractivity contribution in [3.8, 4) is 5.88 Å². The number of methoxy groups -OCH3 is 1. The highest BCUT2D eigenvalue weighted by Crippen LogP contribution is 2.27. The molecule has 1 aromatic heterocycles. The summed E-state index contributed by atoms with van der Waals surface area (Å²) in [5, 5.41) is 4.18. The van der Waals surface area contributed by atoms with Crippen molar-refractivity contribution in [2.24, 2.45) is 7.05 Å². The average Bonchev–Trinajstić information content (AvgIpc) is 2.39. The van der Waals surface area contributed by atoms with Crippen LogP contribution < -0.4 is 4.74 Å². The van der Waals surface area contributed by atoms with Gasteiger partial charge in [0.25, 0.3) is 0 Å². The number of aldehydes is 1. The van der Waals surface area contributed by atoms with E-state index in [1.165, 1.54) is 0 Å². The highest BCUT2D eigenvalue weighted by molar-refractivity contribution is 5.63. The molecule has 0 aliphatic rings. The molecule has 0 amide bonds. The van der Waals surface area contributed by atoms with Gasteiger partial charge in [-0.25, -0.2) is 4.68 Å². The molecule has 1 atom stereocenters. The van der Waals surface area contributed by atoms with Gasteiger partial charge in [0.2, 0.25) is 5.88 Å². The number of rotatable bonds is 3. The van der Waals surface area contributed by atoms with E-state index in [0.29, 0.717) is 5.88 Å². The number of aryl methyl sites for hydroxylation is 2. The third kappa shape index (κ3) is 1.56. The molecule has 0 saturated heterocycles. The molecule has 0 fully saturated rings. The maximum atomic E-state index is 10.6. The van der Waals surface area contributed by atoms with Gasteiger partial charge < -0.3 is 9.53 Å². The third-order valence-electron chi connectivity index (χ3n) is 2.07. The van der Waals surface area contributed by atoms with Crippen LogP contribution in [0.2, 0.25) is 0 Å². The molecule has 1 aromatic rings. The summed E-state index contributed by atoms with van der Waals surface area (Å²) in [4.78, 5) is 10.6. The second-order valence-electron chi connectivity index (χ2n) is 3.06. The van der Waals surface area contributed by atoms with Crippen LogP contribution in [0.4, 0.5) is 0 Å². The number of nitrogens with zero attached hydrogens (tertiary/aromatic N) is 2. The van der Waals surface area contributed by atoms with Gasteiger partial charge >= 0.3 is 0 Å². The summed E-state index contributed by atoms with van der Waals surface area (Å²) in [5.74, 6) is 0.501. The van der Waals surface area contributed by atoms with Crippen molar-refractivity contribution in [2.45, 2.75) is 19.8 Å². The largest absolute Gasteiger partial charge is 0.481 e. The van der Waals surface area contributed by atoms with Gasteiger partial charge in [0.1, 0.15) is 6.29 Å². The van der Waals surface area contributed by atoms with Crippen LogP contribution in [0.5, 0.6) is 5.88 Å². The van der Waals surface area contributed by atoms with Gasteiger partial charge in [-0.05, 0) is 6.92 Å². The predicted molar refractivity (Wildman–Crippen MR) is 49.0 cm³/mol. The van der Waals surface area contributed by atoms with Crippen LogP contribution in [0.25, 0.3) is 0 Å². The zero-order chi connectivity index (χ0) is 10.0. The van der Waals surface area contributed by atoms with E-state index in [0.717, 1.165) is 17.5 Å². The van der Waals surface area contributed by atoms with E-state index in [2.05, 4.69) is 5.10 Å². The second-order valence-corrected chi connectivity index (χ2v) is 3.06. The van der Waals surface area contributed by atoms with Crippen molar-refractivity contribution >= 4 is 6.29 Å². The summed E-state index contributed by atoms with van der Waals surface area (Å²) in [5.41, 5.74) is 1.72. The summed E-state index contributed by atoms with van der Waals surface area (Å²) < 4.78 is 6.80. The Morgan fingerprint density at radius 2 is 2.23 bits per heavy atom. The molecule has 1 unspecified atom stereocenters. The van der Waals surface area contributed by atoms with Crippen molar-refractivity contribution in [3.63, 3.8) is 0 Å². The first kappa shape index (κ1) is 9.77. The molecule has 0 spiro atoms. The van der Waals surface area contributed by atoms with Crippen molar-refractivity contribution in [1.29, 1.82) is 0 Å². The normalized spacial score (nSPS) is 12.6. The van der Waals surface area contributed by atoms with Gasteiger partial charge in [-0.2, -0.15) is 5.10 Å². The van der Waals surface area contributed by atoms with E-state index in [1.807, 2.05) is 13.8 Å². The van der Waals surface area contributed by atoms with Gasteiger partial charge in [-0.1, -0.05) is 6.92 Å². The van der Waals surface area contributed by atoms with Crippen LogP contribution in [0.15, 0.2) is 0 Å². The molecule has 0 radical (unpaired) electrons. The summed E-state index contributed by atoms with van der Waals surface area (Å²) in [7, 11) is 3.38. The Hall–Kier alpha value is -1.32. The Balaban J connectivity index is 3.24. The Morgan fingerprint density at radius 1 is 1.62 bits per heavy atom. The molecule has 13 heavy (non-hydrogen) atoms. The SMILES string of the molecule is COc1c(C(C)C=O)c(C)nn1C. The van der Waals surface area contributed by atoms with E-state index in [9.17, 15) is 4.79 Å². The maximum absolute atomic E-state index is 10.6. The summed E-state index contributed by atoms with van der Waals surface area (Å²) in [6, 6.07) is 0. The van der Waals surface area contributed by atoms with Crippen LogP contribution in [0, 0.1) is 6.92 Å².